The summed E-state index contributed by atoms with van der Waals surface area (Å²) in [5.74, 6) is -3.18. The van der Waals surface area contributed by atoms with E-state index in [-0.39, 0.29) is 15.3 Å². The van der Waals surface area contributed by atoms with Crippen molar-refractivity contribution in [2.45, 2.75) is 0 Å². The minimum absolute atomic E-state index is 0.0267. The maximum absolute atomic E-state index is 13.3. The number of halogens is 2. The number of carbonyl (C=O) groups is 2. The number of ketones is 1. The van der Waals surface area contributed by atoms with E-state index in [0.29, 0.717) is 0 Å². The molecular formula is C14H8F2O3S. The number of benzene rings is 1. The van der Waals surface area contributed by atoms with Crippen LogP contribution >= 0.6 is 11.3 Å². The smallest absolute Gasteiger partial charge is 0.345 e. The molecule has 0 saturated carbocycles. The van der Waals surface area contributed by atoms with E-state index >= 15 is 0 Å². The molecule has 3 nitrogen and oxygen atoms in total. The van der Waals surface area contributed by atoms with E-state index in [1.165, 1.54) is 18.2 Å². The third kappa shape index (κ3) is 2.97. The van der Waals surface area contributed by atoms with E-state index in [2.05, 4.69) is 0 Å². The summed E-state index contributed by atoms with van der Waals surface area (Å²) in [5, 5.41) is 8.74. The second-order valence-corrected chi connectivity index (χ2v) is 4.89. The molecule has 1 heterocycles. The Morgan fingerprint density at radius 1 is 1.05 bits per heavy atom. The Labute approximate surface area is 116 Å². The minimum atomic E-state index is -1.13. The Balaban J connectivity index is 2.22. The van der Waals surface area contributed by atoms with Gasteiger partial charge in [0.05, 0.1) is 4.88 Å². The molecule has 0 bridgehead atoms. The highest BCUT2D eigenvalue weighted by atomic mass is 32.1. The van der Waals surface area contributed by atoms with Crippen molar-refractivity contribution in [2.24, 2.45) is 0 Å². The van der Waals surface area contributed by atoms with Gasteiger partial charge in [0.2, 0.25) is 0 Å². The molecule has 6 heteroatoms. The first-order valence-corrected chi connectivity index (χ1v) is 6.30. The number of rotatable bonds is 4. The van der Waals surface area contributed by atoms with Crippen LogP contribution in [0.15, 0.2) is 36.4 Å². The predicted molar refractivity (Wildman–Crippen MR) is 71.0 cm³/mol. The summed E-state index contributed by atoms with van der Waals surface area (Å²) in [6.45, 7) is 0. The number of hydrogen-bond donors (Lipinski definition) is 1. The highest BCUT2D eigenvalue weighted by Crippen LogP contribution is 2.19. The van der Waals surface area contributed by atoms with Gasteiger partial charge in [-0.15, -0.1) is 11.3 Å². The molecule has 1 aromatic carbocycles. The summed E-state index contributed by atoms with van der Waals surface area (Å²) >= 11 is 0.805. The molecule has 0 aliphatic carbocycles. The van der Waals surface area contributed by atoms with Gasteiger partial charge in [0, 0.05) is 5.56 Å². The molecule has 0 atom stereocenters. The van der Waals surface area contributed by atoms with E-state index in [0.717, 1.165) is 35.6 Å². The van der Waals surface area contributed by atoms with Crippen LogP contribution in [0.3, 0.4) is 0 Å². The second kappa shape index (κ2) is 5.75. The van der Waals surface area contributed by atoms with Gasteiger partial charge in [-0.2, -0.15) is 0 Å². The van der Waals surface area contributed by atoms with Crippen LogP contribution in [-0.4, -0.2) is 16.9 Å². The van der Waals surface area contributed by atoms with Gasteiger partial charge < -0.3 is 5.11 Å². The van der Waals surface area contributed by atoms with Crippen molar-refractivity contribution < 1.29 is 23.5 Å². The highest BCUT2D eigenvalue weighted by Gasteiger charge is 2.11. The zero-order valence-corrected chi connectivity index (χ0v) is 10.8. The molecular weight excluding hydrogens is 286 g/mol. The second-order valence-electron chi connectivity index (χ2n) is 3.80. The number of hydrogen-bond acceptors (Lipinski definition) is 3. The highest BCUT2D eigenvalue weighted by molar-refractivity contribution is 7.16. The molecule has 1 aromatic heterocycles. The van der Waals surface area contributed by atoms with Crippen molar-refractivity contribution >= 4 is 29.2 Å². The van der Waals surface area contributed by atoms with E-state index in [9.17, 15) is 18.4 Å². The van der Waals surface area contributed by atoms with Crippen molar-refractivity contribution in [1.29, 1.82) is 0 Å². The van der Waals surface area contributed by atoms with Crippen LogP contribution in [0.5, 0.6) is 0 Å². The SMILES string of the molecule is O=C(O)c1ccc(C(=O)/C=C/c2c(F)cccc2F)s1. The topological polar surface area (TPSA) is 54.4 Å². The van der Waals surface area contributed by atoms with Crippen molar-refractivity contribution in [1.82, 2.24) is 0 Å². The number of allylic oxidation sites excluding steroid dienone is 1. The lowest BCUT2D eigenvalue weighted by Crippen LogP contribution is -1.92. The molecule has 0 aliphatic rings. The third-order valence-corrected chi connectivity index (χ3v) is 3.55. The van der Waals surface area contributed by atoms with Crippen LogP contribution in [0, 0.1) is 11.6 Å². The van der Waals surface area contributed by atoms with E-state index in [4.69, 9.17) is 5.11 Å². The first-order valence-electron chi connectivity index (χ1n) is 5.48. The molecule has 2 aromatic rings. The molecule has 0 spiro atoms. The average Bonchev–Trinajstić information content (AvgIpc) is 2.87. The van der Waals surface area contributed by atoms with Gasteiger partial charge in [-0.1, -0.05) is 6.07 Å². The number of carboxylic acids is 1. The first-order chi connectivity index (χ1) is 9.49. The fourth-order valence-corrected chi connectivity index (χ4v) is 2.26. The number of carbonyl (C=O) groups excluding carboxylic acids is 1. The summed E-state index contributed by atoms with van der Waals surface area (Å²) in [5.41, 5.74) is -0.309. The number of carboxylic acid groups (broad SMARTS) is 1. The third-order valence-electron chi connectivity index (χ3n) is 2.46. The molecule has 1 N–H and O–H groups in total. The van der Waals surface area contributed by atoms with Gasteiger partial charge in [-0.3, -0.25) is 4.79 Å². The van der Waals surface area contributed by atoms with Crippen molar-refractivity contribution in [3.8, 4) is 0 Å². The molecule has 102 valence electrons. The largest absolute Gasteiger partial charge is 0.477 e. The maximum atomic E-state index is 13.3. The Hall–Kier alpha value is -2.34. The van der Waals surface area contributed by atoms with Crippen LogP contribution in [0.1, 0.15) is 24.9 Å². The molecule has 2 rings (SSSR count). The van der Waals surface area contributed by atoms with Gasteiger partial charge in [-0.25, -0.2) is 13.6 Å². The van der Waals surface area contributed by atoms with Gasteiger partial charge in [0.25, 0.3) is 0 Å². The molecule has 20 heavy (non-hydrogen) atoms. The monoisotopic (exact) mass is 294 g/mol. The quantitative estimate of drug-likeness (QED) is 0.692. The van der Waals surface area contributed by atoms with E-state index in [1.54, 1.807) is 0 Å². The Kier molecular flexibility index (Phi) is 4.05. The maximum Gasteiger partial charge on any atom is 0.345 e. The standard InChI is InChI=1S/C14H8F2O3S/c15-9-2-1-3-10(16)8(9)4-5-11(17)12-6-7-13(20-12)14(18)19/h1-7H,(H,18,19)/b5-4+. The lowest BCUT2D eigenvalue weighted by atomic mass is 10.1. The van der Waals surface area contributed by atoms with E-state index < -0.39 is 23.4 Å². The number of thiophene rings is 1. The molecule has 0 radical (unpaired) electrons. The summed E-state index contributed by atoms with van der Waals surface area (Å²) < 4.78 is 26.7. The summed E-state index contributed by atoms with van der Waals surface area (Å²) in [6.07, 6.45) is 2.05. The van der Waals surface area contributed by atoms with Crippen LogP contribution in [-0.2, 0) is 0 Å². The molecule has 0 fully saturated rings. The van der Waals surface area contributed by atoms with Crippen molar-refractivity contribution in [2.75, 3.05) is 0 Å². The Bertz CT molecular complexity index is 684. The lowest BCUT2D eigenvalue weighted by molar-refractivity contribution is 0.0702. The zero-order chi connectivity index (χ0) is 14.7. The van der Waals surface area contributed by atoms with Crippen LogP contribution in [0.2, 0.25) is 0 Å². The lowest BCUT2D eigenvalue weighted by Gasteiger charge is -1.97. The average molecular weight is 294 g/mol. The van der Waals surface area contributed by atoms with Gasteiger partial charge >= 0.3 is 5.97 Å². The summed E-state index contributed by atoms with van der Waals surface area (Å²) in [6, 6.07) is 6.06. The predicted octanol–water partition coefficient (Wildman–Crippen LogP) is 3.62. The zero-order valence-electron chi connectivity index (χ0n) is 9.97. The van der Waals surface area contributed by atoms with Crippen LogP contribution in [0.4, 0.5) is 8.78 Å². The Morgan fingerprint density at radius 3 is 2.20 bits per heavy atom. The van der Waals surface area contributed by atoms with Crippen LogP contribution < -0.4 is 0 Å². The molecule has 0 unspecified atom stereocenters. The van der Waals surface area contributed by atoms with E-state index in [1.807, 2.05) is 0 Å². The summed E-state index contributed by atoms with van der Waals surface area (Å²) in [7, 11) is 0. The summed E-state index contributed by atoms with van der Waals surface area (Å²) in [4.78, 5) is 22.7. The van der Waals surface area contributed by atoms with Gasteiger partial charge in [0.1, 0.15) is 16.5 Å². The fourth-order valence-electron chi connectivity index (χ4n) is 1.50. The van der Waals surface area contributed by atoms with Crippen LogP contribution in [0.25, 0.3) is 6.08 Å². The first kappa shape index (κ1) is 14.1. The van der Waals surface area contributed by atoms with Gasteiger partial charge in [-0.05, 0) is 36.4 Å². The Morgan fingerprint density at radius 2 is 1.65 bits per heavy atom. The normalized spacial score (nSPS) is 10.9. The molecule has 0 aliphatic heterocycles. The van der Waals surface area contributed by atoms with Gasteiger partial charge in [0.15, 0.2) is 5.78 Å². The molecule has 0 saturated heterocycles. The minimum Gasteiger partial charge on any atom is -0.477 e. The number of aromatic carboxylic acids is 1. The van der Waals surface area contributed by atoms with Crippen molar-refractivity contribution in [3.05, 3.63) is 63.4 Å². The van der Waals surface area contributed by atoms with Crippen molar-refractivity contribution in [3.63, 3.8) is 0 Å². The molecule has 0 amide bonds. The fraction of sp³-hybridized carbons (Fsp3) is 0.